The maximum absolute atomic E-state index is 13.0. The minimum absolute atomic E-state index is 0.0300. The molecule has 3 saturated heterocycles. The van der Waals surface area contributed by atoms with Gasteiger partial charge >= 0.3 is 0 Å². The number of rotatable bonds is 4. The molecule has 0 aromatic heterocycles. The van der Waals surface area contributed by atoms with Crippen LogP contribution in [0.25, 0.3) is 0 Å². The summed E-state index contributed by atoms with van der Waals surface area (Å²) in [5, 5.41) is 30.1. The van der Waals surface area contributed by atoms with Crippen molar-refractivity contribution in [3.8, 4) is 0 Å². The number of nitrogens with zero attached hydrogens (tertiary/aromatic N) is 2. The summed E-state index contributed by atoms with van der Waals surface area (Å²) in [5.74, 6) is -0.0305. The second-order valence-electron chi connectivity index (χ2n) is 11.0. The molecular formula is C26H47N5O6. The molecule has 0 aliphatic carbocycles. The fourth-order valence-corrected chi connectivity index (χ4v) is 5.62. The first-order valence-electron chi connectivity index (χ1n) is 14.0. The summed E-state index contributed by atoms with van der Waals surface area (Å²) < 4.78 is 5.39. The molecule has 0 radical (unpaired) electrons. The van der Waals surface area contributed by atoms with Crippen molar-refractivity contribution in [2.24, 2.45) is 11.8 Å². The van der Waals surface area contributed by atoms with Gasteiger partial charge in [0.2, 0.25) is 17.7 Å². The SMILES string of the molecule is CN1CC[C@H]2CC(=O)NCC[C@@H](O)C[C@@H](O)CC(=O)N(CCNC3CCOCC3)CC(=O)NCC[C@H]2C1. The van der Waals surface area contributed by atoms with Crippen molar-refractivity contribution in [3.05, 3.63) is 0 Å². The van der Waals surface area contributed by atoms with E-state index in [9.17, 15) is 24.6 Å². The Kier molecular flexibility index (Phi) is 12.5. The number of aliphatic hydroxyl groups excluding tert-OH is 2. The highest BCUT2D eigenvalue weighted by Gasteiger charge is 2.30. The first kappa shape index (κ1) is 29.8. The van der Waals surface area contributed by atoms with Crippen LogP contribution in [-0.4, -0.2) is 122 Å². The predicted molar refractivity (Wildman–Crippen MR) is 139 cm³/mol. The largest absolute Gasteiger partial charge is 0.393 e. The van der Waals surface area contributed by atoms with Crippen molar-refractivity contribution in [1.82, 2.24) is 25.8 Å². The van der Waals surface area contributed by atoms with E-state index in [1.54, 1.807) is 0 Å². The number of ether oxygens (including phenoxy) is 1. The van der Waals surface area contributed by atoms with Crippen LogP contribution in [0.5, 0.6) is 0 Å². The monoisotopic (exact) mass is 525 g/mol. The summed E-state index contributed by atoms with van der Waals surface area (Å²) in [6.45, 7) is 4.93. The molecule has 5 N–H and O–H groups in total. The van der Waals surface area contributed by atoms with Gasteiger partial charge in [-0.1, -0.05) is 0 Å². The lowest BCUT2D eigenvalue weighted by Gasteiger charge is -2.36. The van der Waals surface area contributed by atoms with Gasteiger partial charge in [-0.3, -0.25) is 14.4 Å². The summed E-state index contributed by atoms with van der Waals surface area (Å²) in [7, 11) is 2.08. The summed E-state index contributed by atoms with van der Waals surface area (Å²) >= 11 is 0. The van der Waals surface area contributed by atoms with Crippen LogP contribution < -0.4 is 16.0 Å². The Bertz CT molecular complexity index is 734. The standard InChI is InChI=1S/C26H47N5O6/c1-30-10-4-19-14-24(34)28-8-3-22(32)15-23(33)16-26(36)31(11-9-27-21-5-12-37-13-6-21)18-25(35)29-7-2-20(19)17-30/h19-23,27,32-33H,2-18H2,1H3,(H,28,34)(H,29,35)/t19-,20-,22+,23+/m0/s1. The average Bonchev–Trinajstić information content (AvgIpc) is 2.85. The van der Waals surface area contributed by atoms with E-state index >= 15 is 0 Å². The second-order valence-corrected chi connectivity index (χ2v) is 11.0. The van der Waals surface area contributed by atoms with Crippen LogP contribution in [0.4, 0.5) is 0 Å². The molecule has 0 spiro atoms. The topological polar surface area (TPSA) is 143 Å². The van der Waals surface area contributed by atoms with E-state index in [1.807, 2.05) is 0 Å². The summed E-state index contributed by atoms with van der Waals surface area (Å²) in [4.78, 5) is 42.1. The Hall–Kier alpha value is -1.79. The fourth-order valence-electron chi connectivity index (χ4n) is 5.62. The quantitative estimate of drug-likeness (QED) is 0.317. The molecule has 3 aliphatic heterocycles. The van der Waals surface area contributed by atoms with Crippen LogP contribution in [-0.2, 0) is 19.1 Å². The number of amides is 3. The predicted octanol–water partition coefficient (Wildman–Crippen LogP) is -0.930. The minimum atomic E-state index is -1.02. The van der Waals surface area contributed by atoms with Crippen molar-refractivity contribution >= 4 is 17.7 Å². The number of carbonyl (C=O) groups excluding carboxylic acids is 3. The summed E-state index contributed by atoms with van der Waals surface area (Å²) in [5.41, 5.74) is 0. The molecule has 0 bridgehead atoms. The molecule has 11 heteroatoms. The highest BCUT2D eigenvalue weighted by Crippen LogP contribution is 2.28. The molecule has 0 aromatic carbocycles. The smallest absolute Gasteiger partial charge is 0.239 e. The van der Waals surface area contributed by atoms with Gasteiger partial charge in [0.1, 0.15) is 0 Å². The lowest BCUT2D eigenvalue weighted by molar-refractivity contribution is -0.138. The molecule has 0 unspecified atom stereocenters. The molecule has 4 atom stereocenters. The van der Waals surface area contributed by atoms with Crippen molar-refractivity contribution in [3.63, 3.8) is 0 Å². The van der Waals surface area contributed by atoms with E-state index in [1.165, 1.54) is 4.90 Å². The molecule has 0 saturated carbocycles. The van der Waals surface area contributed by atoms with Crippen LogP contribution in [0, 0.1) is 11.8 Å². The Morgan fingerprint density at radius 2 is 1.65 bits per heavy atom. The Morgan fingerprint density at radius 1 is 0.919 bits per heavy atom. The zero-order chi connectivity index (χ0) is 26.6. The first-order chi connectivity index (χ1) is 17.8. The number of hydrogen-bond donors (Lipinski definition) is 5. The second kappa shape index (κ2) is 15.6. The fraction of sp³-hybridized carbons (Fsp3) is 0.885. The molecule has 3 fully saturated rings. The van der Waals surface area contributed by atoms with Gasteiger partial charge in [0.05, 0.1) is 25.2 Å². The number of piperidine rings is 1. The average molecular weight is 526 g/mol. The highest BCUT2D eigenvalue weighted by molar-refractivity contribution is 5.85. The third-order valence-electron chi connectivity index (χ3n) is 7.86. The lowest BCUT2D eigenvalue weighted by Crippen LogP contribution is -2.47. The highest BCUT2D eigenvalue weighted by atomic mass is 16.5. The number of hydrogen-bond acceptors (Lipinski definition) is 8. The van der Waals surface area contributed by atoms with E-state index in [-0.39, 0.29) is 43.0 Å². The maximum atomic E-state index is 13.0. The lowest BCUT2D eigenvalue weighted by atomic mass is 9.81. The molecule has 11 nitrogen and oxygen atoms in total. The van der Waals surface area contributed by atoms with Gasteiger partial charge in [0.15, 0.2) is 0 Å². The van der Waals surface area contributed by atoms with Crippen LogP contribution in [0.2, 0.25) is 0 Å². The van der Waals surface area contributed by atoms with E-state index in [0.717, 1.165) is 52.0 Å². The minimum Gasteiger partial charge on any atom is -0.393 e. The van der Waals surface area contributed by atoms with Crippen molar-refractivity contribution in [1.29, 1.82) is 0 Å². The normalized spacial score (nSPS) is 31.1. The number of fused-ring (bicyclic) bond motifs is 1. The van der Waals surface area contributed by atoms with Gasteiger partial charge in [0.25, 0.3) is 0 Å². The van der Waals surface area contributed by atoms with Gasteiger partial charge in [-0.15, -0.1) is 0 Å². The molecule has 212 valence electrons. The third-order valence-corrected chi connectivity index (χ3v) is 7.86. The zero-order valence-corrected chi connectivity index (χ0v) is 22.3. The van der Waals surface area contributed by atoms with Gasteiger partial charge in [-0.25, -0.2) is 0 Å². The van der Waals surface area contributed by atoms with Gasteiger partial charge in [-0.2, -0.15) is 0 Å². The van der Waals surface area contributed by atoms with Crippen LogP contribution in [0.1, 0.15) is 51.4 Å². The molecule has 3 heterocycles. The number of nitrogens with one attached hydrogen (secondary N) is 3. The van der Waals surface area contributed by atoms with Crippen molar-refractivity contribution in [2.45, 2.75) is 69.6 Å². The van der Waals surface area contributed by atoms with Crippen molar-refractivity contribution < 1.29 is 29.3 Å². The first-order valence-corrected chi connectivity index (χ1v) is 14.0. The van der Waals surface area contributed by atoms with Crippen LogP contribution in [0.15, 0.2) is 0 Å². The number of carbonyl (C=O) groups is 3. The zero-order valence-electron chi connectivity index (χ0n) is 22.3. The number of aliphatic hydroxyl groups is 2. The molecular weight excluding hydrogens is 478 g/mol. The van der Waals surface area contributed by atoms with Crippen LogP contribution in [0.3, 0.4) is 0 Å². The third kappa shape index (κ3) is 10.8. The van der Waals surface area contributed by atoms with E-state index < -0.39 is 12.2 Å². The van der Waals surface area contributed by atoms with Gasteiger partial charge < -0.3 is 40.7 Å². The van der Waals surface area contributed by atoms with Gasteiger partial charge in [0, 0.05) is 58.4 Å². The van der Waals surface area contributed by atoms with E-state index in [2.05, 4.69) is 27.9 Å². The van der Waals surface area contributed by atoms with E-state index in [0.29, 0.717) is 51.0 Å². The Balaban J connectivity index is 1.61. The molecule has 0 aromatic rings. The molecule has 3 amide bonds. The van der Waals surface area contributed by atoms with E-state index in [4.69, 9.17) is 4.74 Å². The Labute approximate surface area is 220 Å². The number of likely N-dealkylation sites (tertiary alicyclic amines) is 1. The summed E-state index contributed by atoms with van der Waals surface area (Å²) in [6.07, 6.45) is 2.32. The molecule has 37 heavy (non-hydrogen) atoms. The maximum Gasteiger partial charge on any atom is 0.239 e. The molecule has 3 aliphatic rings. The van der Waals surface area contributed by atoms with Gasteiger partial charge in [-0.05, 0) is 64.0 Å². The summed E-state index contributed by atoms with van der Waals surface area (Å²) in [6, 6.07) is 0.334. The van der Waals surface area contributed by atoms with Crippen LogP contribution >= 0.6 is 0 Å². The Morgan fingerprint density at radius 3 is 2.43 bits per heavy atom. The van der Waals surface area contributed by atoms with Crippen molar-refractivity contribution in [2.75, 3.05) is 66.1 Å². The molecule has 3 rings (SSSR count).